The van der Waals surface area contributed by atoms with Crippen molar-refractivity contribution in [1.29, 1.82) is 0 Å². The minimum Gasteiger partial charge on any atom is -0.395 e. The number of likely N-dealkylation sites (N-methyl/N-ethyl adjacent to an activating group) is 1. The first-order valence-corrected chi connectivity index (χ1v) is 5.61. The van der Waals surface area contributed by atoms with E-state index in [-0.39, 0.29) is 6.61 Å². The zero-order chi connectivity index (χ0) is 11.0. The molecule has 14 heavy (non-hydrogen) atoms. The standard InChI is InChI=1S/C9H12BrNO.C2H6/c1-11(6-7-12)9-4-2-8(10)3-5-9;1-2/h2-5,12H,6-7H2,1H3;1-2H3. The fraction of sp³-hybridized carbons (Fsp3) is 0.455. The van der Waals surface area contributed by atoms with Crippen molar-refractivity contribution in [3.8, 4) is 0 Å². The highest BCUT2D eigenvalue weighted by molar-refractivity contribution is 9.10. The Morgan fingerprint density at radius 3 is 2.14 bits per heavy atom. The number of aliphatic hydroxyl groups is 1. The molecule has 0 aromatic heterocycles. The Morgan fingerprint density at radius 2 is 1.71 bits per heavy atom. The van der Waals surface area contributed by atoms with Crippen LogP contribution in [-0.2, 0) is 0 Å². The molecule has 0 saturated carbocycles. The number of hydrogen-bond acceptors (Lipinski definition) is 2. The molecule has 1 rings (SSSR count). The van der Waals surface area contributed by atoms with Crippen LogP contribution in [0.2, 0.25) is 0 Å². The summed E-state index contributed by atoms with van der Waals surface area (Å²) in [6.07, 6.45) is 0. The van der Waals surface area contributed by atoms with E-state index in [2.05, 4.69) is 15.9 Å². The van der Waals surface area contributed by atoms with Gasteiger partial charge in [-0.2, -0.15) is 0 Å². The number of nitrogens with zero attached hydrogens (tertiary/aromatic N) is 1. The number of rotatable bonds is 3. The number of hydrogen-bond donors (Lipinski definition) is 1. The molecule has 0 aliphatic carbocycles. The van der Waals surface area contributed by atoms with Crippen LogP contribution in [0.3, 0.4) is 0 Å². The summed E-state index contributed by atoms with van der Waals surface area (Å²) in [4.78, 5) is 2.01. The van der Waals surface area contributed by atoms with E-state index in [0.717, 1.165) is 10.2 Å². The van der Waals surface area contributed by atoms with Gasteiger partial charge in [-0.05, 0) is 24.3 Å². The highest BCUT2D eigenvalue weighted by atomic mass is 79.9. The van der Waals surface area contributed by atoms with E-state index in [0.29, 0.717) is 6.54 Å². The zero-order valence-electron chi connectivity index (χ0n) is 9.00. The molecule has 1 N–H and O–H groups in total. The Hall–Kier alpha value is -0.540. The van der Waals surface area contributed by atoms with Gasteiger partial charge >= 0.3 is 0 Å². The lowest BCUT2D eigenvalue weighted by Gasteiger charge is -2.17. The summed E-state index contributed by atoms with van der Waals surface area (Å²) >= 11 is 3.37. The first kappa shape index (κ1) is 13.5. The molecular weight excluding hydrogens is 242 g/mol. The van der Waals surface area contributed by atoms with Crippen LogP contribution in [0.15, 0.2) is 28.7 Å². The van der Waals surface area contributed by atoms with Crippen molar-refractivity contribution in [1.82, 2.24) is 0 Å². The molecule has 0 radical (unpaired) electrons. The first-order chi connectivity index (χ1) is 6.74. The summed E-state index contributed by atoms with van der Waals surface area (Å²) in [5.74, 6) is 0. The third-order valence-electron chi connectivity index (χ3n) is 1.70. The van der Waals surface area contributed by atoms with Crippen molar-refractivity contribution in [2.75, 3.05) is 25.1 Å². The Kier molecular flexibility index (Phi) is 7.52. The van der Waals surface area contributed by atoms with Gasteiger partial charge < -0.3 is 10.0 Å². The smallest absolute Gasteiger partial charge is 0.0606 e. The van der Waals surface area contributed by atoms with E-state index < -0.39 is 0 Å². The van der Waals surface area contributed by atoms with E-state index in [4.69, 9.17) is 5.11 Å². The van der Waals surface area contributed by atoms with E-state index >= 15 is 0 Å². The molecule has 2 nitrogen and oxygen atoms in total. The highest BCUT2D eigenvalue weighted by Gasteiger charge is 1.97. The molecule has 0 spiro atoms. The monoisotopic (exact) mass is 259 g/mol. The highest BCUT2D eigenvalue weighted by Crippen LogP contribution is 2.16. The van der Waals surface area contributed by atoms with Gasteiger partial charge in [0, 0.05) is 23.8 Å². The Morgan fingerprint density at radius 1 is 1.21 bits per heavy atom. The molecule has 0 aliphatic rings. The topological polar surface area (TPSA) is 23.5 Å². The van der Waals surface area contributed by atoms with Crippen molar-refractivity contribution < 1.29 is 5.11 Å². The van der Waals surface area contributed by atoms with Gasteiger partial charge in [-0.25, -0.2) is 0 Å². The molecule has 0 atom stereocenters. The number of halogens is 1. The van der Waals surface area contributed by atoms with E-state index in [1.54, 1.807) is 0 Å². The van der Waals surface area contributed by atoms with Crippen molar-refractivity contribution in [2.45, 2.75) is 13.8 Å². The molecule has 0 heterocycles. The summed E-state index contributed by atoms with van der Waals surface area (Å²) < 4.78 is 1.07. The second kappa shape index (κ2) is 7.83. The third kappa shape index (κ3) is 4.63. The summed E-state index contributed by atoms with van der Waals surface area (Å²) in [5.41, 5.74) is 1.12. The van der Waals surface area contributed by atoms with Crippen LogP contribution in [0.4, 0.5) is 5.69 Å². The van der Waals surface area contributed by atoms with Gasteiger partial charge in [-0.3, -0.25) is 0 Å². The van der Waals surface area contributed by atoms with Crippen molar-refractivity contribution in [3.05, 3.63) is 28.7 Å². The van der Waals surface area contributed by atoms with Gasteiger partial charge in [-0.1, -0.05) is 29.8 Å². The average molecular weight is 260 g/mol. The summed E-state index contributed by atoms with van der Waals surface area (Å²) in [5, 5.41) is 8.70. The van der Waals surface area contributed by atoms with Crippen molar-refractivity contribution in [3.63, 3.8) is 0 Å². The summed E-state index contributed by atoms with van der Waals surface area (Å²) in [7, 11) is 1.96. The van der Waals surface area contributed by atoms with Gasteiger partial charge in [0.15, 0.2) is 0 Å². The first-order valence-electron chi connectivity index (χ1n) is 4.81. The Labute approximate surface area is 94.7 Å². The predicted octanol–water partition coefficient (Wildman–Crippen LogP) is 2.90. The average Bonchev–Trinajstić information content (AvgIpc) is 2.22. The molecule has 1 aromatic rings. The van der Waals surface area contributed by atoms with Gasteiger partial charge in [0.05, 0.1) is 6.61 Å². The lowest BCUT2D eigenvalue weighted by atomic mass is 10.3. The van der Waals surface area contributed by atoms with Crippen LogP contribution in [-0.4, -0.2) is 25.3 Å². The van der Waals surface area contributed by atoms with Gasteiger partial charge in [0.25, 0.3) is 0 Å². The van der Waals surface area contributed by atoms with Crippen LogP contribution in [0.5, 0.6) is 0 Å². The number of anilines is 1. The van der Waals surface area contributed by atoms with Gasteiger partial charge in [0.2, 0.25) is 0 Å². The summed E-state index contributed by atoms with van der Waals surface area (Å²) in [6, 6.07) is 8.01. The fourth-order valence-electron chi connectivity index (χ4n) is 0.975. The number of aliphatic hydroxyl groups excluding tert-OH is 1. The zero-order valence-corrected chi connectivity index (χ0v) is 10.6. The largest absolute Gasteiger partial charge is 0.395 e. The number of benzene rings is 1. The fourth-order valence-corrected chi connectivity index (χ4v) is 1.24. The van der Waals surface area contributed by atoms with E-state index in [1.807, 2.05) is 50.1 Å². The van der Waals surface area contributed by atoms with Crippen LogP contribution in [0, 0.1) is 0 Å². The van der Waals surface area contributed by atoms with Crippen LogP contribution in [0.25, 0.3) is 0 Å². The molecule has 1 aromatic carbocycles. The second-order valence-electron chi connectivity index (χ2n) is 2.62. The molecule has 0 amide bonds. The molecule has 0 unspecified atom stereocenters. The summed E-state index contributed by atoms with van der Waals surface area (Å²) in [6.45, 7) is 4.86. The predicted molar refractivity (Wildman–Crippen MR) is 65.8 cm³/mol. The molecule has 0 saturated heterocycles. The second-order valence-corrected chi connectivity index (χ2v) is 3.54. The van der Waals surface area contributed by atoms with Gasteiger partial charge in [-0.15, -0.1) is 0 Å². The normalized spacial score (nSPS) is 8.93. The molecule has 0 aliphatic heterocycles. The molecule has 80 valence electrons. The van der Waals surface area contributed by atoms with Crippen molar-refractivity contribution in [2.24, 2.45) is 0 Å². The minimum absolute atomic E-state index is 0.187. The SMILES string of the molecule is CC.CN(CCO)c1ccc(Br)cc1. The molecule has 0 fully saturated rings. The molecule has 3 heteroatoms. The Bertz CT molecular complexity index is 236. The quantitative estimate of drug-likeness (QED) is 0.903. The maximum atomic E-state index is 8.70. The van der Waals surface area contributed by atoms with E-state index in [1.165, 1.54) is 0 Å². The minimum atomic E-state index is 0.187. The van der Waals surface area contributed by atoms with Gasteiger partial charge in [0.1, 0.15) is 0 Å². The van der Waals surface area contributed by atoms with Crippen LogP contribution >= 0.6 is 15.9 Å². The lowest BCUT2D eigenvalue weighted by molar-refractivity contribution is 0.304. The van der Waals surface area contributed by atoms with Crippen molar-refractivity contribution >= 4 is 21.6 Å². The Balaban J connectivity index is 0.000000791. The van der Waals surface area contributed by atoms with Crippen LogP contribution in [0.1, 0.15) is 13.8 Å². The maximum absolute atomic E-state index is 8.70. The lowest BCUT2D eigenvalue weighted by Crippen LogP contribution is -2.20. The maximum Gasteiger partial charge on any atom is 0.0606 e. The third-order valence-corrected chi connectivity index (χ3v) is 2.23. The van der Waals surface area contributed by atoms with Crippen LogP contribution < -0.4 is 4.90 Å². The molecular formula is C11H18BrNO. The molecule has 0 bridgehead atoms. The van der Waals surface area contributed by atoms with E-state index in [9.17, 15) is 0 Å².